The van der Waals surface area contributed by atoms with Gasteiger partial charge in [-0.05, 0) is 49.2 Å². The highest BCUT2D eigenvalue weighted by molar-refractivity contribution is 7.87. The van der Waals surface area contributed by atoms with Crippen molar-refractivity contribution in [1.29, 1.82) is 0 Å². The first-order valence-corrected chi connectivity index (χ1v) is 8.19. The van der Waals surface area contributed by atoms with E-state index >= 15 is 0 Å². The van der Waals surface area contributed by atoms with Crippen molar-refractivity contribution in [2.45, 2.75) is 18.7 Å². The fourth-order valence-electron chi connectivity index (χ4n) is 1.88. The predicted octanol–water partition coefficient (Wildman–Crippen LogP) is 3.64. The van der Waals surface area contributed by atoms with Gasteiger partial charge in [0.2, 0.25) is 0 Å². The molecule has 22 heavy (non-hydrogen) atoms. The lowest BCUT2D eigenvalue weighted by molar-refractivity contribution is 0.347. The van der Waals surface area contributed by atoms with E-state index in [-0.39, 0.29) is 17.3 Å². The summed E-state index contributed by atoms with van der Waals surface area (Å²) in [5.41, 5.74) is 1.79. The average Bonchev–Trinajstić information content (AvgIpc) is 2.47. The van der Waals surface area contributed by atoms with E-state index in [0.29, 0.717) is 5.75 Å². The minimum absolute atomic E-state index is 0.114. The molecule has 2 aromatic carbocycles. The van der Waals surface area contributed by atoms with Crippen molar-refractivity contribution in [2.24, 2.45) is 0 Å². The van der Waals surface area contributed by atoms with Crippen LogP contribution in [0.1, 0.15) is 11.1 Å². The Balaban J connectivity index is 2.35. The first kappa shape index (κ1) is 16.1. The van der Waals surface area contributed by atoms with E-state index in [1.54, 1.807) is 36.4 Å². The normalized spacial score (nSPS) is 11.0. The van der Waals surface area contributed by atoms with E-state index in [2.05, 4.69) is 6.58 Å². The third-order valence-electron chi connectivity index (χ3n) is 2.93. The summed E-state index contributed by atoms with van der Waals surface area (Å²) < 4.78 is 35.4. The zero-order chi connectivity index (χ0) is 16.2. The standard InChI is InChI=1S/C17H18O4S/c1-4-10-20-17-12-14(3)8-9-16(17)21-22(18,19)15-7-5-6-13(2)11-15/h4-9,11-12H,1,10H2,2-3H3. The molecule has 0 bridgehead atoms. The number of benzene rings is 2. The van der Waals surface area contributed by atoms with Gasteiger partial charge in [0, 0.05) is 0 Å². The molecule has 0 saturated heterocycles. The van der Waals surface area contributed by atoms with Crippen LogP contribution >= 0.6 is 0 Å². The second-order valence-corrected chi connectivity index (χ2v) is 6.45. The minimum atomic E-state index is -3.90. The molecule has 0 radical (unpaired) electrons. The molecule has 0 N–H and O–H groups in total. The van der Waals surface area contributed by atoms with E-state index in [9.17, 15) is 8.42 Å². The third kappa shape index (κ3) is 3.89. The van der Waals surface area contributed by atoms with Crippen molar-refractivity contribution < 1.29 is 17.3 Å². The van der Waals surface area contributed by atoms with E-state index in [4.69, 9.17) is 8.92 Å². The van der Waals surface area contributed by atoms with Gasteiger partial charge in [0.05, 0.1) is 0 Å². The van der Waals surface area contributed by atoms with Gasteiger partial charge in [-0.1, -0.05) is 30.9 Å². The molecule has 0 aliphatic heterocycles. The summed E-state index contributed by atoms with van der Waals surface area (Å²) in [5.74, 6) is 0.532. The van der Waals surface area contributed by atoms with Crippen molar-refractivity contribution in [3.8, 4) is 11.5 Å². The quantitative estimate of drug-likeness (QED) is 0.603. The van der Waals surface area contributed by atoms with Crippen LogP contribution in [0, 0.1) is 13.8 Å². The monoisotopic (exact) mass is 318 g/mol. The topological polar surface area (TPSA) is 52.6 Å². The SMILES string of the molecule is C=CCOc1cc(C)ccc1OS(=O)(=O)c1cccc(C)c1. The molecule has 0 unspecified atom stereocenters. The Morgan fingerprint density at radius 3 is 2.45 bits per heavy atom. The maximum atomic E-state index is 12.4. The molecule has 2 aromatic rings. The van der Waals surface area contributed by atoms with E-state index in [0.717, 1.165) is 11.1 Å². The Morgan fingerprint density at radius 2 is 1.77 bits per heavy atom. The lowest BCUT2D eigenvalue weighted by Crippen LogP contribution is -2.11. The summed E-state index contributed by atoms with van der Waals surface area (Å²) in [7, 11) is -3.90. The number of hydrogen-bond donors (Lipinski definition) is 0. The molecule has 0 heterocycles. The summed E-state index contributed by atoms with van der Waals surface area (Å²) >= 11 is 0. The molecule has 116 valence electrons. The van der Waals surface area contributed by atoms with E-state index in [1.807, 2.05) is 19.9 Å². The highest BCUT2D eigenvalue weighted by Gasteiger charge is 2.19. The summed E-state index contributed by atoms with van der Waals surface area (Å²) in [5, 5.41) is 0. The van der Waals surface area contributed by atoms with Crippen LogP contribution in [0.5, 0.6) is 11.5 Å². The molecule has 4 nitrogen and oxygen atoms in total. The van der Waals surface area contributed by atoms with Crippen LogP contribution in [0.3, 0.4) is 0 Å². The number of rotatable bonds is 6. The first-order valence-electron chi connectivity index (χ1n) is 6.78. The first-order chi connectivity index (χ1) is 10.4. The molecular formula is C17H18O4S. The van der Waals surface area contributed by atoms with Crippen LogP contribution in [0.25, 0.3) is 0 Å². The lowest BCUT2D eigenvalue weighted by Gasteiger charge is -2.12. The van der Waals surface area contributed by atoms with Gasteiger partial charge in [-0.15, -0.1) is 0 Å². The van der Waals surface area contributed by atoms with Crippen molar-refractivity contribution >= 4 is 10.1 Å². The Hall–Kier alpha value is -2.27. The molecule has 2 rings (SSSR count). The van der Waals surface area contributed by atoms with E-state index in [1.165, 1.54) is 6.07 Å². The minimum Gasteiger partial charge on any atom is -0.486 e. The summed E-state index contributed by atoms with van der Waals surface area (Å²) in [6.07, 6.45) is 1.58. The Labute approximate surface area is 131 Å². The Bertz CT molecular complexity index is 779. The van der Waals surface area contributed by atoms with Crippen molar-refractivity contribution in [1.82, 2.24) is 0 Å². The summed E-state index contributed by atoms with van der Waals surface area (Å²) in [4.78, 5) is 0.114. The second-order valence-electron chi connectivity index (χ2n) is 4.90. The molecule has 0 aromatic heterocycles. The average molecular weight is 318 g/mol. The van der Waals surface area contributed by atoms with Crippen molar-refractivity contribution in [3.05, 3.63) is 66.2 Å². The maximum Gasteiger partial charge on any atom is 0.339 e. The molecular weight excluding hydrogens is 300 g/mol. The fourth-order valence-corrected chi connectivity index (χ4v) is 2.93. The van der Waals surface area contributed by atoms with Crippen LogP contribution in [-0.4, -0.2) is 15.0 Å². The zero-order valence-corrected chi connectivity index (χ0v) is 13.4. The van der Waals surface area contributed by atoms with Crippen molar-refractivity contribution in [3.63, 3.8) is 0 Å². The number of aryl methyl sites for hydroxylation is 2. The fraction of sp³-hybridized carbons (Fsp3) is 0.176. The Morgan fingerprint density at radius 1 is 1.05 bits per heavy atom. The van der Waals surface area contributed by atoms with Gasteiger partial charge in [0.25, 0.3) is 0 Å². The number of ether oxygens (including phenoxy) is 1. The molecule has 0 saturated carbocycles. The van der Waals surface area contributed by atoms with Crippen molar-refractivity contribution in [2.75, 3.05) is 6.61 Å². The highest BCUT2D eigenvalue weighted by Crippen LogP contribution is 2.31. The zero-order valence-electron chi connectivity index (χ0n) is 12.6. The molecule has 0 fully saturated rings. The second kappa shape index (κ2) is 6.66. The van der Waals surface area contributed by atoms with Crippen LogP contribution in [-0.2, 0) is 10.1 Å². The number of hydrogen-bond acceptors (Lipinski definition) is 4. The smallest absolute Gasteiger partial charge is 0.339 e. The predicted molar refractivity (Wildman–Crippen MR) is 85.9 cm³/mol. The third-order valence-corrected chi connectivity index (χ3v) is 4.16. The van der Waals surface area contributed by atoms with Gasteiger partial charge in [0.15, 0.2) is 11.5 Å². The largest absolute Gasteiger partial charge is 0.486 e. The molecule has 5 heteroatoms. The Kier molecular flexibility index (Phi) is 4.88. The van der Waals surface area contributed by atoms with Crippen LogP contribution in [0.2, 0.25) is 0 Å². The van der Waals surface area contributed by atoms with Gasteiger partial charge in [-0.3, -0.25) is 0 Å². The van der Waals surface area contributed by atoms with Crippen LogP contribution in [0.15, 0.2) is 60.0 Å². The lowest BCUT2D eigenvalue weighted by atomic mass is 10.2. The highest BCUT2D eigenvalue weighted by atomic mass is 32.2. The van der Waals surface area contributed by atoms with Crippen LogP contribution in [0.4, 0.5) is 0 Å². The van der Waals surface area contributed by atoms with Gasteiger partial charge in [-0.25, -0.2) is 0 Å². The molecule has 0 amide bonds. The summed E-state index contributed by atoms with van der Waals surface area (Å²) in [6, 6.07) is 11.6. The molecule has 0 aliphatic rings. The summed E-state index contributed by atoms with van der Waals surface area (Å²) in [6.45, 7) is 7.56. The molecule has 0 aliphatic carbocycles. The van der Waals surface area contributed by atoms with Gasteiger partial charge < -0.3 is 8.92 Å². The van der Waals surface area contributed by atoms with Gasteiger partial charge in [-0.2, -0.15) is 8.42 Å². The van der Waals surface area contributed by atoms with Gasteiger partial charge >= 0.3 is 10.1 Å². The van der Waals surface area contributed by atoms with Gasteiger partial charge in [0.1, 0.15) is 11.5 Å². The van der Waals surface area contributed by atoms with E-state index < -0.39 is 10.1 Å². The molecule has 0 atom stereocenters. The van der Waals surface area contributed by atoms with Crippen LogP contribution < -0.4 is 8.92 Å². The molecule has 0 spiro atoms. The maximum absolute atomic E-state index is 12.4.